The summed E-state index contributed by atoms with van der Waals surface area (Å²) in [6.45, 7) is 4.88. The molecule has 0 aromatic heterocycles. The van der Waals surface area contributed by atoms with Gasteiger partial charge >= 0.3 is 0 Å². The van der Waals surface area contributed by atoms with E-state index in [2.05, 4.69) is 31.3 Å². The molecule has 1 saturated carbocycles. The van der Waals surface area contributed by atoms with E-state index < -0.39 is 0 Å². The van der Waals surface area contributed by atoms with Crippen molar-refractivity contribution in [1.82, 2.24) is 5.32 Å². The summed E-state index contributed by atoms with van der Waals surface area (Å²) < 4.78 is 0. The summed E-state index contributed by atoms with van der Waals surface area (Å²) in [6.07, 6.45) is 9.59. The number of aliphatic hydroxyl groups is 1. The Bertz CT molecular complexity index is 251. The molecule has 1 fully saturated rings. The zero-order chi connectivity index (χ0) is 11.5. The molecular weight excluding hydrogens is 198 g/mol. The first-order chi connectivity index (χ1) is 7.70. The summed E-state index contributed by atoms with van der Waals surface area (Å²) in [7, 11) is 0. The van der Waals surface area contributed by atoms with Gasteiger partial charge in [-0.05, 0) is 57.3 Å². The van der Waals surface area contributed by atoms with E-state index in [1.54, 1.807) is 0 Å². The molecule has 2 aliphatic carbocycles. The van der Waals surface area contributed by atoms with Crippen molar-refractivity contribution in [3.63, 3.8) is 0 Å². The fraction of sp³-hybridized carbons (Fsp3) is 0.857. The highest BCUT2D eigenvalue weighted by molar-refractivity contribution is 5.11. The van der Waals surface area contributed by atoms with E-state index in [9.17, 15) is 0 Å². The average molecular weight is 223 g/mol. The molecule has 16 heavy (non-hydrogen) atoms. The highest BCUT2D eigenvalue weighted by atomic mass is 16.2. The Morgan fingerprint density at radius 2 is 2.12 bits per heavy atom. The van der Waals surface area contributed by atoms with Crippen molar-refractivity contribution in [3.05, 3.63) is 12.2 Å². The van der Waals surface area contributed by atoms with Gasteiger partial charge in [-0.25, -0.2) is 0 Å². The third-order valence-corrected chi connectivity index (χ3v) is 4.32. The lowest BCUT2D eigenvalue weighted by Gasteiger charge is -2.29. The van der Waals surface area contributed by atoms with Crippen LogP contribution in [0.25, 0.3) is 0 Å². The van der Waals surface area contributed by atoms with Crippen molar-refractivity contribution in [2.75, 3.05) is 6.61 Å². The fourth-order valence-electron chi connectivity index (χ4n) is 3.45. The van der Waals surface area contributed by atoms with Crippen molar-refractivity contribution in [3.8, 4) is 0 Å². The summed E-state index contributed by atoms with van der Waals surface area (Å²) in [5.74, 6) is 2.54. The normalized spacial score (nSPS) is 35.6. The summed E-state index contributed by atoms with van der Waals surface area (Å²) in [5, 5.41) is 12.5. The molecule has 2 bridgehead atoms. The van der Waals surface area contributed by atoms with E-state index in [1.807, 2.05) is 0 Å². The molecule has 0 heterocycles. The van der Waals surface area contributed by atoms with Gasteiger partial charge in [0, 0.05) is 18.7 Å². The summed E-state index contributed by atoms with van der Waals surface area (Å²) >= 11 is 0. The molecule has 0 saturated heterocycles. The zero-order valence-electron chi connectivity index (χ0n) is 10.5. The van der Waals surface area contributed by atoms with E-state index in [0.717, 1.165) is 30.6 Å². The van der Waals surface area contributed by atoms with Gasteiger partial charge in [-0.2, -0.15) is 0 Å². The Morgan fingerprint density at radius 1 is 1.31 bits per heavy atom. The van der Waals surface area contributed by atoms with Crippen LogP contribution in [0.2, 0.25) is 0 Å². The van der Waals surface area contributed by atoms with Crippen LogP contribution in [0.5, 0.6) is 0 Å². The van der Waals surface area contributed by atoms with Crippen LogP contribution < -0.4 is 5.32 Å². The number of hydrogen-bond acceptors (Lipinski definition) is 2. The largest absolute Gasteiger partial charge is 0.396 e. The molecule has 2 heteroatoms. The molecule has 2 N–H and O–H groups in total. The molecule has 0 aliphatic heterocycles. The van der Waals surface area contributed by atoms with Crippen molar-refractivity contribution in [1.29, 1.82) is 0 Å². The van der Waals surface area contributed by atoms with Crippen molar-refractivity contribution in [2.24, 2.45) is 17.8 Å². The first-order valence-electron chi connectivity index (χ1n) is 6.76. The molecule has 5 atom stereocenters. The van der Waals surface area contributed by atoms with Gasteiger partial charge in [0.25, 0.3) is 0 Å². The topological polar surface area (TPSA) is 32.3 Å². The van der Waals surface area contributed by atoms with E-state index in [-0.39, 0.29) is 0 Å². The van der Waals surface area contributed by atoms with E-state index in [0.29, 0.717) is 18.7 Å². The minimum Gasteiger partial charge on any atom is -0.396 e. The third-order valence-electron chi connectivity index (χ3n) is 4.32. The van der Waals surface area contributed by atoms with Gasteiger partial charge in [0.15, 0.2) is 0 Å². The van der Waals surface area contributed by atoms with Gasteiger partial charge in [0.05, 0.1) is 0 Å². The molecule has 2 rings (SSSR count). The first-order valence-corrected chi connectivity index (χ1v) is 6.76. The monoisotopic (exact) mass is 223 g/mol. The van der Waals surface area contributed by atoms with Crippen LogP contribution in [0.1, 0.15) is 39.5 Å². The van der Waals surface area contributed by atoms with E-state index >= 15 is 0 Å². The molecule has 0 aromatic rings. The Hall–Kier alpha value is -0.340. The fourth-order valence-corrected chi connectivity index (χ4v) is 3.45. The first kappa shape index (κ1) is 12.1. The molecule has 5 unspecified atom stereocenters. The number of nitrogens with one attached hydrogen (secondary N) is 1. The summed E-state index contributed by atoms with van der Waals surface area (Å²) in [6, 6.07) is 1.15. The predicted octanol–water partition coefficient (Wildman–Crippen LogP) is 2.34. The van der Waals surface area contributed by atoms with Crippen LogP contribution in [0.3, 0.4) is 0 Å². The van der Waals surface area contributed by atoms with E-state index in [1.165, 1.54) is 12.8 Å². The number of allylic oxidation sites excluding steroid dienone is 2. The molecule has 0 aromatic carbocycles. The van der Waals surface area contributed by atoms with Gasteiger partial charge in [0.2, 0.25) is 0 Å². The third kappa shape index (κ3) is 2.67. The molecule has 2 aliphatic rings. The van der Waals surface area contributed by atoms with Crippen LogP contribution in [0.4, 0.5) is 0 Å². The summed E-state index contributed by atoms with van der Waals surface area (Å²) in [4.78, 5) is 0. The predicted molar refractivity (Wildman–Crippen MR) is 67.2 cm³/mol. The molecular formula is C14H25NO. The van der Waals surface area contributed by atoms with Gasteiger partial charge in [0.1, 0.15) is 0 Å². The Labute approximate surface area is 99.1 Å². The van der Waals surface area contributed by atoms with Crippen molar-refractivity contribution in [2.45, 2.75) is 51.6 Å². The SMILES string of the molecule is CC(CCCO)NC(C)C1CC2C=CC1C2. The minimum atomic E-state index is 0.317. The lowest BCUT2D eigenvalue weighted by atomic mass is 9.87. The van der Waals surface area contributed by atoms with Crippen molar-refractivity contribution < 1.29 is 5.11 Å². The molecule has 92 valence electrons. The quantitative estimate of drug-likeness (QED) is 0.677. The van der Waals surface area contributed by atoms with Crippen LogP contribution in [-0.2, 0) is 0 Å². The smallest absolute Gasteiger partial charge is 0.0431 e. The van der Waals surface area contributed by atoms with Gasteiger partial charge in [-0.3, -0.25) is 0 Å². The average Bonchev–Trinajstić information content (AvgIpc) is 2.87. The second kappa shape index (κ2) is 5.33. The van der Waals surface area contributed by atoms with Crippen LogP contribution in [-0.4, -0.2) is 23.8 Å². The molecule has 0 radical (unpaired) electrons. The number of hydrogen-bond donors (Lipinski definition) is 2. The lowest BCUT2D eigenvalue weighted by Crippen LogP contribution is -2.41. The molecule has 0 spiro atoms. The Balaban J connectivity index is 1.75. The number of rotatable bonds is 6. The minimum absolute atomic E-state index is 0.317. The van der Waals surface area contributed by atoms with Crippen LogP contribution >= 0.6 is 0 Å². The second-order valence-corrected chi connectivity index (χ2v) is 5.67. The lowest BCUT2D eigenvalue weighted by molar-refractivity contribution is 0.261. The van der Waals surface area contributed by atoms with Gasteiger partial charge < -0.3 is 10.4 Å². The van der Waals surface area contributed by atoms with Gasteiger partial charge in [-0.1, -0.05) is 12.2 Å². The number of aliphatic hydroxyl groups excluding tert-OH is 1. The van der Waals surface area contributed by atoms with Gasteiger partial charge in [-0.15, -0.1) is 0 Å². The maximum atomic E-state index is 8.81. The maximum Gasteiger partial charge on any atom is 0.0431 e. The zero-order valence-corrected chi connectivity index (χ0v) is 10.5. The highest BCUT2D eigenvalue weighted by Crippen LogP contribution is 2.44. The van der Waals surface area contributed by atoms with Crippen LogP contribution in [0.15, 0.2) is 12.2 Å². The second-order valence-electron chi connectivity index (χ2n) is 5.67. The molecule has 0 amide bonds. The van der Waals surface area contributed by atoms with Crippen LogP contribution in [0, 0.1) is 17.8 Å². The Morgan fingerprint density at radius 3 is 2.69 bits per heavy atom. The highest BCUT2D eigenvalue weighted by Gasteiger charge is 2.38. The standard InChI is InChI=1S/C14H25NO/c1-10(4-3-7-16)15-11(2)14-9-12-5-6-13(14)8-12/h5-6,10-16H,3-4,7-9H2,1-2H3. The Kier molecular flexibility index (Phi) is 4.04. The molecule has 2 nitrogen and oxygen atoms in total. The van der Waals surface area contributed by atoms with Crippen molar-refractivity contribution >= 4 is 0 Å². The number of fused-ring (bicyclic) bond motifs is 2. The maximum absolute atomic E-state index is 8.81. The summed E-state index contributed by atoms with van der Waals surface area (Å²) in [5.41, 5.74) is 0. The van der Waals surface area contributed by atoms with E-state index in [4.69, 9.17) is 5.11 Å².